The number of fused-ring (bicyclic) bond motifs is 1. The molecule has 0 aliphatic heterocycles. The predicted octanol–water partition coefficient (Wildman–Crippen LogP) is 2.37. The molecule has 1 aliphatic rings. The van der Waals surface area contributed by atoms with Crippen molar-refractivity contribution in [2.24, 2.45) is 5.92 Å². The van der Waals surface area contributed by atoms with Gasteiger partial charge in [-0.25, -0.2) is 0 Å². The molecule has 0 bridgehead atoms. The van der Waals surface area contributed by atoms with Crippen molar-refractivity contribution in [3.63, 3.8) is 0 Å². The van der Waals surface area contributed by atoms with Gasteiger partial charge in [0, 0.05) is 25.5 Å². The second kappa shape index (κ2) is 7.28. The Morgan fingerprint density at radius 1 is 1.29 bits per heavy atom. The van der Waals surface area contributed by atoms with Gasteiger partial charge < -0.3 is 14.7 Å². The van der Waals surface area contributed by atoms with Crippen LogP contribution in [0.15, 0.2) is 36.4 Å². The first-order valence-corrected chi connectivity index (χ1v) is 8.39. The quantitative estimate of drug-likeness (QED) is 0.936. The number of amides is 1. The van der Waals surface area contributed by atoms with E-state index in [1.165, 1.54) is 0 Å². The number of carbonyl (C=O) groups excluding carboxylic acids is 1. The lowest BCUT2D eigenvalue weighted by atomic mass is 9.84. The molecule has 1 saturated carbocycles. The average Bonchev–Trinajstić information content (AvgIpc) is 2.61. The molecule has 0 saturated heterocycles. The van der Waals surface area contributed by atoms with Gasteiger partial charge in [0.25, 0.3) is 0 Å². The molecule has 1 fully saturated rings. The molecule has 2 aromatic rings. The van der Waals surface area contributed by atoms with E-state index < -0.39 is 6.10 Å². The van der Waals surface area contributed by atoms with Gasteiger partial charge in [0.2, 0.25) is 5.91 Å². The Morgan fingerprint density at radius 3 is 2.88 bits per heavy atom. The topological polar surface area (TPSA) is 62.7 Å². The van der Waals surface area contributed by atoms with Crippen LogP contribution in [0.4, 0.5) is 0 Å². The fourth-order valence-corrected chi connectivity index (χ4v) is 3.42. The van der Waals surface area contributed by atoms with Gasteiger partial charge in [-0.1, -0.05) is 24.3 Å². The summed E-state index contributed by atoms with van der Waals surface area (Å²) < 4.78 is 5.30. The van der Waals surface area contributed by atoms with E-state index in [0.29, 0.717) is 25.8 Å². The Bertz CT molecular complexity index is 719. The summed E-state index contributed by atoms with van der Waals surface area (Å²) in [7, 11) is 3.40. The number of carbonyl (C=O) groups is 1. The first-order valence-electron chi connectivity index (χ1n) is 8.39. The molecule has 1 N–H and O–H groups in total. The molecule has 1 aliphatic carbocycles. The van der Waals surface area contributed by atoms with E-state index in [1.807, 2.05) is 43.4 Å². The number of para-hydroxylation sites is 1. The summed E-state index contributed by atoms with van der Waals surface area (Å²) in [5, 5.41) is 11.0. The third kappa shape index (κ3) is 3.57. The van der Waals surface area contributed by atoms with Gasteiger partial charge in [0.15, 0.2) is 0 Å². The minimum absolute atomic E-state index is 0.0937. The Balaban J connectivity index is 1.66. The van der Waals surface area contributed by atoms with Crippen LogP contribution in [0.1, 0.15) is 25.0 Å². The van der Waals surface area contributed by atoms with Gasteiger partial charge in [-0.2, -0.15) is 0 Å². The molecule has 5 nitrogen and oxygen atoms in total. The summed E-state index contributed by atoms with van der Waals surface area (Å²) in [6, 6.07) is 12.0. The monoisotopic (exact) mass is 328 g/mol. The van der Waals surface area contributed by atoms with E-state index in [4.69, 9.17) is 4.74 Å². The molecule has 0 spiro atoms. The summed E-state index contributed by atoms with van der Waals surface area (Å²) in [6.45, 7) is 0.486. The van der Waals surface area contributed by atoms with Crippen LogP contribution in [0.5, 0.6) is 0 Å². The number of ether oxygens (including phenoxy) is 1. The fraction of sp³-hybridized carbons (Fsp3) is 0.474. The highest BCUT2D eigenvalue weighted by Gasteiger charge is 2.34. The van der Waals surface area contributed by atoms with Crippen molar-refractivity contribution in [2.45, 2.75) is 38.0 Å². The van der Waals surface area contributed by atoms with Crippen LogP contribution < -0.4 is 0 Å². The minimum Gasteiger partial charge on any atom is -0.390 e. The van der Waals surface area contributed by atoms with Crippen molar-refractivity contribution in [1.82, 2.24) is 9.88 Å². The van der Waals surface area contributed by atoms with E-state index in [-0.39, 0.29) is 17.9 Å². The lowest BCUT2D eigenvalue weighted by Crippen LogP contribution is -2.42. The zero-order valence-corrected chi connectivity index (χ0v) is 14.2. The number of rotatable bonds is 4. The van der Waals surface area contributed by atoms with Crippen molar-refractivity contribution >= 4 is 16.8 Å². The highest BCUT2D eigenvalue weighted by Crippen LogP contribution is 2.28. The van der Waals surface area contributed by atoms with Crippen LogP contribution in [0, 0.1) is 5.92 Å². The normalized spacial score (nSPS) is 24.0. The summed E-state index contributed by atoms with van der Waals surface area (Å²) in [4.78, 5) is 19.1. The van der Waals surface area contributed by atoms with Crippen LogP contribution >= 0.6 is 0 Å². The Morgan fingerprint density at radius 2 is 2.08 bits per heavy atom. The molecule has 0 unspecified atom stereocenters. The Hall–Kier alpha value is -1.98. The van der Waals surface area contributed by atoms with Crippen molar-refractivity contribution in [1.29, 1.82) is 0 Å². The summed E-state index contributed by atoms with van der Waals surface area (Å²) in [5.41, 5.74) is 1.82. The molecule has 1 aromatic carbocycles. The van der Waals surface area contributed by atoms with Gasteiger partial charge in [-0.3, -0.25) is 9.78 Å². The standard InChI is InChI=1S/C19H24N2O3/c1-21(19(23)14-8-10-17(22)18(11-14)24-2)12-15-9-7-13-5-3-4-6-16(13)20-15/h3-7,9,14,17-18,22H,8,10-12H2,1-2H3/t14-,17+,18-/m1/s1. The van der Waals surface area contributed by atoms with E-state index in [1.54, 1.807) is 12.0 Å². The number of aromatic nitrogens is 1. The van der Waals surface area contributed by atoms with Crippen LogP contribution in [0.25, 0.3) is 10.9 Å². The molecule has 1 heterocycles. The maximum Gasteiger partial charge on any atom is 0.225 e. The molecule has 3 rings (SSSR count). The van der Waals surface area contributed by atoms with Crippen molar-refractivity contribution in [3.8, 4) is 0 Å². The molecule has 128 valence electrons. The lowest BCUT2D eigenvalue weighted by Gasteiger charge is -2.33. The van der Waals surface area contributed by atoms with Crippen molar-refractivity contribution in [2.75, 3.05) is 14.2 Å². The van der Waals surface area contributed by atoms with E-state index >= 15 is 0 Å². The smallest absolute Gasteiger partial charge is 0.225 e. The van der Waals surface area contributed by atoms with Gasteiger partial charge in [0.05, 0.1) is 30.0 Å². The van der Waals surface area contributed by atoms with Crippen LogP contribution in [-0.4, -0.2) is 47.3 Å². The zero-order valence-electron chi connectivity index (χ0n) is 14.2. The fourth-order valence-electron chi connectivity index (χ4n) is 3.42. The number of nitrogens with zero attached hydrogens (tertiary/aromatic N) is 2. The highest BCUT2D eigenvalue weighted by atomic mass is 16.5. The van der Waals surface area contributed by atoms with Crippen molar-refractivity contribution < 1.29 is 14.6 Å². The largest absolute Gasteiger partial charge is 0.390 e. The molecule has 3 atom stereocenters. The maximum atomic E-state index is 12.7. The molecule has 1 aromatic heterocycles. The number of pyridine rings is 1. The molecular formula is C19H24N2O3. The van der Waals surface area contributed by atoms with Crippen molar-refractivity contribution in [3.05, 3.63) is 42.1 Å². The van der Waals surface area contributed by atoms with E-state index in [2.05, 4.69) is 4.98 Å². The molecule has 5 heteroatoms. The summed E-state index contributed by atoms with van der Waals surface area (Å²) in [6.07, 6.45) is 1.17. The third-order valence-electron chi connectivity index (χ3n) is 4.84. The summed E-state index contributed by atoms with van der Waals surface area (Å²) >= 11 is 0. The Kier molecular flexibility index (Phi) is 5.11. The number of aliphatic hydroxyl groups excluding tert-OH is 1. The maximum absolute atomic E-state index is 12.7. The predicted molar refractivity (Wildman–Crippen MR) is 92.4 cm³/mol. The summed E-state index contributed by atoms with van der Waals surface area (Å²) in [5.74, 6) is 0.00251. The first kappa shape index (κ1) is 16.9. The zero-order chi connectivity index (χ0) is 17.1. The van der Waals surface area contributed by atoms with Gasteiger partial charge >= 0.3 is 0 Å². The second-order valence-electron chi connectivity index (χ2n) is 6.54. The number of hydrogen-bond acceptors (Lipinski definition) is 4. The molecule has 24 heavy (non-hydrogen) atoms. The lowest BCUT2D eigenvalue weighted by molar-refractivity contribution is -0.140. The van der Waals surface area contributed by atoms with Crippen LogP contribution in [0.3, 0.4) is 0 Å². The van der Waals surface area contributed by atoms with E-state index in [9.17, 15) is 9.90 Å². The average molecular weight is 328 g/mol. The highest BCUT2D eigenvalue weighted by molar-refractivity contribution is 5.80. The van der Waals surface area contributed by atoms with Gasteiger partial charge in [0.1, 0.15) is 0 Å². The minimum atomic E-state index is -0.466. The van der Waals surface area contributed by atoms with E-state index in [0.717, 1.165) is 16.6 Å². The van der Waals surface area contributed by atoms with Gasteiger partial charge in [-0.05, 0) is 31.4 Å². The van der Waals surface area contributed by atoms with Gasteiger partial charge in [-0.15, -0.1) is 0 Å². The number of aliphatic hydroxyl groups is 1. The Labute approximate surface area is 142 Å². The van der Waals surface area contributed by atoms with Crippen LogP contribution in [-0.2, 0) is 16.1 Å². The van der Waals surface area contributed by atoms with Crippen LogP contribution in [0.2, 0.25) is 0 Å². The first-order chi connectivity index (χ1) is 11.6. The number of methoxy groups -OCH3 is 1. The number of benzene rings is 1. The molecule has 0 radical (unpaired) electrons. The number of hydrogen-bond donors (Lipinski definition) is 1. The third-order valence-corrected chi connectivity index (χ3v) is 4.84. The SMILES string of the molecule is CO[C@@H]1C[C@H](C(=O)N(C)Cc2ccc3ccccc3n2)CC[C@@H]1O. The molecular weight excluding hydrogens is 304 g/mol. The second-order valence-corrected chi connectivity index (χ2v) is 6.54. The molecule has 1 amide bonds.